The zero-order chi connectivity index (χ0) is 30.6. The van der Waals surface area contributed by atoms with E-state index in [2.05, 4.69) is 142 Å². The molecule has 4 nitrogen and oxygen atoms in total. The second-order valence-electron chi connectivity index (χ2n) is 11.6. The lowest BCUT2D eigenvalue weighted by molar-refractivity contribution is 1.18. The van der Waals surface area contributed by atoms with Gasteiger partial charge in [-0.3, -0.25) is 4.98 Å². The van der Waals surface area contributed by atoms with Gasteiger partial charge in [0.05, 0.1) is 45.1 Å². The normalized spacial score (nSPS) is 11.5. The lowest BCUT2D eigenvalue weighted by Crippen LogP contribution is -1.98. The summed E-state index contributed by atoms with van der Waals surface area (Å²) in [6, 6.07) is 53.6. The first-order valence-corrected chi connectivity index (χ1v) is 15.4. The summed E-state index contributed by atoms with van der Waals surface area (Å²) in [4.78, 5) is 4.23. The minimum Gasteiger partial charge on any atom is -0.309 e. The first-order chi connectivity index (χ1) is 22.8. The van der Waals surface area contributed by atoms with Gasteiger partial charge in [0.25, 0.3) is 0 Å². The van der Waals surface area contributed by atoms with E-state index in [4.69, 9.17) is 0 Å². The molecule has 0 radical (unpaired) electrons. The molecule has 3 heterocycles. The standard InChI is InChI=1S/C42H26N4/c43-27-28-17-19-41(35(25-28)29-21-23-44-24-22-29)46-40-16-8-4-12-34(40)36-26-30(18-20-42(36)46)31-9-1-5-13-37(31)45-38-14-6-2-10-32(38)33-11-3-7-15-39(33)45/h1-26H. The van der Waals surface area contributed by atoms with Crippen molar-refractivity contribution in [1.82, 2.24) is 14.1 Å². The Balaban J connectivity index is 1.30. The maximum Gasteiger partial charge on any atom is 0.0991 e. The minimum absolute atomic E-state index is 0.625. The lowest BCUT2D eigenvalue weighted by atomic mass is 10.0. The van der Waals surface area contributed by atoms with Gasteiger partial charge in [-0.15, -0.1) is 0 Å². The summed E-state index contributed by atoms with van der Waals surface area (Å²) < 4.78 is 4.72. The third-order valence-electron chi connectivity index (χ3n) is 9.07. The number of fused-ring (bicyclic) bond motifs is 6. The van der Waals surface area contributed by atoms with Gasteiger partial charge in [0.2, 0.25) is 0 Å². The van der Waals surface area contributed by atoms with E-state index in [1.54, 1.807) is 12.4 Å². The van der Waals surface area contributed by atoms with Crippen LogP contribution < -0.4 is 0 Å². The topological polar surface area (TPSA) is 46.5 Å². The smallest absolute Gasteiger partial charge is 0.0991 e. The van der Waals surface area contributed by atoms with E-state index in [0.29, 0.717) is 5.56 Å². The quantitative estimate of drug-likeness (QED) is 0.206. The maximum atomic E-state index is 9.75. The molecule has 0 bridgehead atoms. The Hall–Kier alpha value is -6.44. The Kier molecular flexibility index (Phi) is 5.84. The largest absolute Gasteiger partial charge is 0.309 e. The van der Waals surface area contributed by atoms with E-state index in [-0.39, 0.29) is 0 Å². The molecule has 0 fully saturated rings. The van der Waals surface area contributed by atoms with Crippen LogP contribution in [0.3, 0.4) is 0 Å². The Morgan fingerprint density at radius 2 is 0.978 bits per heavy atom. The molecule has 0 unspecified atom stereocenters. The third kappa shape index (κ3) is 3.89. The average molecular weight is 587 g/mol. The fourth-order valence-corrected chi connectivity index (χ4v) is 7.06. The molecule has 0 aliphatic rings. The molecule has 0 aliphatic heterocycles. The number of rotatable bonds is 4. The van der Waals surface area contributed by atoms with Gasteiger partial charge in [-0.05, 0) is 77.9 Å². The predicted octanol–water partition coefficient (Wildman–Crippen LogP) is 10.5. The second kappa shape index (κ2) is 10.3. The fraction of sp³-hybridized carbons (Fsp3) is 0. The van der Waals surface area contributed by atoms with Crippen LogP contribution in [0.2, 0.25) is 0 Å². The van der Waals surface area contributed by atoms with Gasteiger partial charge in [0.15, 0.2) is 0 Å². The minimum atomic E-state index is 0.625. The van der Waals surface area contributed by atoms with Crippen LogP contribution in [0.15, 0.2) is 158 Å². The van der Waals surface area contributed by atoms with Crippen molar-refractivity contribution in [2.45, 2.75) is 0 Å². The summed E-state index contributed by atoms with van der Waals surface area (Å²) in [6.07, 6.45) is 3.59. The van der Waals surface area contributed by atoms with Crippen LogP contribution in [0.5, 0.6) is 0 Å². The number of pyridine rings is 1. The Bertz CT molecular complexity index is 2600. The number of nitrogens with zero attached hydrogens (tertiary/aromatic N) is 4. The van der Waals surface area contributed by atoms with Crippen LogP contribution in [0, 0.1) is 11.3 Å². The number of aromatic nitrogens is 3. The molecule has 0 saturated heterocycles. The SMILES string of the molecule is N#Cc1ccc(-n2c3ccccc3c3cc(-c4ccccc4-n4c5ccccc5c5ccccc54)ccc32)c(-c2ccncc2)c1. The van der Waals surface area contributed by atoms with Crippen LogP contribution in [0.25, 0.3) is 77.2 Å². The molecule has 9 aromatic rings. The van der Waals surface area contributed by atoms with Gasteiger partial charge >= 0.3 is 0 Å². The van der Waals surface area contributed by atoms with Crippen molar-refractivity contribution < 1.29 is 0 Å². The van der Waals surface area contributed by atoms with Gasteiger partial charge in [-0.25, -0.2) is 0 Å². The summed E-state index contributed by atoms with van der Waals surface area (Å²) in [5, 5.41) is 14.6. The van der Waals surface area contributed by atoms with Crippen molar-refractivity contribution >= 4 is 43.6 Å². The number of benzene rings is 6. The summed E-state index contributed by atoms with van der Waals surface area (Å²) in [5.74, 6) is 0. The molecule has 0 amide bonds. The number of hydrogen-bond acceptors (Lipinski definition) is 2. The maximum absolute atomic E-state index is 9.75. The van der Waals surface area contributed by atoms with E-state index >= 15 is 0 Å². The third-order valence-corrected chi connectivity index (χ3v) is 9.07. The van der Waals surface area contributed by atoms with Crippen LogP contribution >= 0.6 is 0 Å². The van der Waals surface area contributed by atoms with Crippen molar-refractivity contribution in [2.24, 2.45) is 0 Å². The van der Waals surface area contributed by atoms with Crippen LogP contribution in [-0.2, 0) is 0 Å². The monoisotopic (exact) mass is 586 g/mol. The van der Waals surface area contributed by atoms with Gasteiger partial charge < -0.3 is 9.13 Å². The van der Waals surface area contributed by atoms with Gasteiger partial charge in [-0.1, -0.05) is 78.9 Å². The number of nitriles is 1. The van der Waals surface area contributed by atoms with Gasteiger partial charge in [0, 0.05) is 45.1 Å². The van der Waals surface area contributed by atoms with Gasteiger partial charge in [-0.2, -0.15) is 5.26 Å². The molecule has 46 heavy (non-hydrogen) atoms. The van der Waals surface area contributed by atoms with E-state index in [0.717, 1.165) is 39.1 Å². The molecule has 4 heteroatoms. The van der Waals surface area contributed by atoms with Crippen LogP contribution in [0.1, 0.15) is 5.56 Å². The highest BCUT2D eigenvalue weighted by Crippen LogP contribution is 2.40. The van der Waals surface area contributed by atoms with Crippen molar-refractivity contribution in [3.63, 3.8) is 0 Å². The zero-order valence-electron chi connectivity index (χ0n) is 24.8. The highest BCUT2D eigenvalue weighted by Gasteiger charge is 2.19. The summed E-state index contributed by atoms with van der Waals surface area (Å²) in [7, 11) is 0. The summed E-state index contributed by atoms with van der Waals surface area (Å²) >= 11 is 0. The van der Waals surface area contributed by atoms with E-state index in [1.807, 2.05) is 24.3 Å². The van der Waals surface area contributed by atoms with Gasteiger partial charge in [0.1, 0.15) is 0 Å². The van der Waals surface area contributed by atoms with Crippen molar-refractivity contribution in [3.05, 3.63) is 164 Å². The highest BCUT2D eigenvalue weighted by atomic mass is 15.0. The van der Waals surface area contributed by atoms with Crippen molar-refractivity contribution in [3.8, 4) is 39.7 Å². The summed E-state index contributed by atoms with van der Waals surface area (Å²) in [6.45, 7) is 0. The second-order valence-corrected chi connectivity index (χ2v) is 11.6. The molecule has 6 aromatic carbocycles. The number of para-hydroxylation sites is 4. The fourth-order valence-electron chi connectivity index (χ4n) is 7.06. The highest BCUT2D eigenvalue weighted by molar-refractivity contribution is 6.12. The molecule has 0 saturated carbocycles. The Labute approximate surface area is 265 Å². The predicted molar refractivity (Wildman–Crippen MR) is 189 cm³/mol. The van der Waals surface area contributed by atoms with Crippen LogP contribution in [-0.4, -0.2) is 14.1 Å². The van der Waals surface area contributed by atoms with E-state index in [1.165, 1.54) is 38.1 Å². The molecule has 0 aliphatic carbocycles. The average Bonchev–Trinajstić information content (AvgIpc) is 3.64. The lowest BCUT2D eigenvalue weighted by Gasteiger charge is -2.15. The Morgan fingerprint density at radius 1 is 0.435 bits per heavy atom. The molecule has 214 valence electrons. The first-order valence-electron chi connectivity index (χ1n) is 15.4. The zero-order valence-corrected chi connectivity index (χ0v) is 24.8. The molecule has 3 aromatic heterocycles. The summed E-state index contributed by atoms with van der Waals surface area (Å²) in [5.41, 5.74) is 11.7. The molecule has 0 atom stereocenters. The number of hydrogen-bond donors (Lipinski definition) is 0. The van der Waals surface area contributed by atoms with E-state index < -0.39 is 0 Å². The molecule has 0 spiro atoms. The molecular formula is C42H26N4. The van der Waals surface area contributed by atoms with Crippen LogP contribution in [0.4, 0.5) is 0 Å². The van der Waals surface area contributed by atoms with E-state index in [9.17, 15) is 5.26 Å². The Morgan fingerprint density at radius 3 is 1.63 bits per heavy atom. The van der Waals surface area contributed by atoms with Crippen molar-refractivity contribution in [1.29, 1.82) is 5.26 Å². The first kappa shape index (κ1) is 26.0. The molecule has 9 rings (SSSR count). The van der Waals surface area contributed by atoms with Crippen molar-refractivity contribution in [2.75, 3.05) is 0 Å². The molecular weight excluding hydrogens is 560 g/mol. The molecule has 0 N–H and O–H groups in total.